The van der Waals surface area contributed by atoms with Crippen LogP contribution in [0.25, 0.3) is 0 Å². The number of ether oxygens (including phenoxy) is 1. The lowest BCUT2D eigenvalue weighted by molar-refractivity contribution is 0.313. The number of aromatic nitrogens is 1. The molecule has 0 fully saturated rings. The van der Waals surface area contributed by atoms with Gasteiger partial charge in [0.2, 0.25) is 0 Å². The fourth-order valence-electron chi connectivity index (χ4n) is 1.45. The van der Waals surface area contributed by atoms with Crippen molar-refractivity contribution in [2.24, 2.45) is 0 Å². The highest BCUT2D eigenvalue weighted by atomic mass is 79.9. The van der Waals surface area contributed by atoms with Crippen molar-refractivity contribution in [2.45, 2.75) is 13.5 Å². The largest absolute Gasteiger partial charge is 0.492 e. The molecular formula is C13H15BrN2OS. The number of rotatable bonds is 6. The molecule has 1 heterocycles. The van der Waals surface area contributed by atoms with E-state index in [4.69, 9.17) is 4.74 Å². The highest BCUT2D eigenvalue weighted by Gasteiger charge is 1.98. The van der Waals surface area contributed by atoms with Gasteiger partial charge in [-0.1, -0.05) is 15.9 Å². The van der Waals surface area contributed by atoms with Crippen LogP contribution >= 0.6 is 27.3 Å². The molecule has 96 valence electrons. The number of nitrogens with zero attached hydrogens (tertiary/aromatic N) is 1. The summed E-state index contributed by atoms with van der Waals surface area (Å²) in [6.07, 6.45) is 0. The zero-order chi connectivity index (χ0) is 12.8. The van der Waals surface area contributed by atoms with E-state index in [1.807, 2.05) is 31.2 Å². The SMILES string of the molecule is Cc1csc(CNCCOc2ccc(Br)cc2)n1. The fraction of sp³-hybridized carbons (Fsp3) is 0.308. The van der Waals surface area contributed by atoms with Crippen LogP contribution in [0, 0.1) is 6.92 Å². The Kier molecular flexibility index (Phi) is 5.16. The molecular weight excluding hydrogens is 312 g/mol. The fourth-order valence-corrected chi connectivity index (χ4v) is 2.46. The van der Waals surface area contributed by atoms with Gasteiger partial charge in [-0.25, -0.2) is 4.98 Å². The van der Waals surface area contributed by atoms with Gasteiger partial charge >= 0.3 is 0 Å². The van der Waals surface area contributed by atoms with Crippen LogP contribution in [0.2, 0.25) is 0 Å². The van der Waals surface area contributed by atoms with Crippen LogP contribution in [0.5, 0.6) is 5.75 Å². The van der Waals surface area contributed by atoms with Crippen molar-refractivity contribution in [3.63, 3.8) is 0 Å². The number of hydrogen-bond acceptors (Lipinski definition) is 4. The van der Waals surface area contributed by atoms with Crippen LogP contribution in [0.15, 0.2) is 34.1 Å². The molecule has 18 heavy (non-hydrogen) atoms. The van der Waals surface area contributed by atoms with Gasteiger partial charge in [-0.05, 0) is 31.2 Å². The predicted molar refractivity (Wildman–Crippen MR) is 78.2 cm³/mol. The van der Waals surface area contributed by atoms with E-state index in [0.29, 0.717) is 6.61 Å². The molecule has 0 aliphatic carbocycles. The first-order chi connectivity index (χ1) is 8.74. The lowest BCUT2D eigenvalue weighted by atomic mass is 10.3. The van der Waals surface area contributed by atoms with Crippen molar-refractivity contribution in [3.05, 3.63) is 44.8 Å². The predicted octanol–water partition coefficient (Wildman–Crippen LogP) is 3.38. The van der Waals surface area contributed by atoms with Crippen LogP contribution < -0.4 is 10.1 Å². The highest BCUT2D eigenvalue weighted by Crippen LogP contribution is 2.15. The van der Waals surface area contributed by atoms with Gasteiger partial charge in [-0.3, -0.25) is 0 Å². The Labute approximate surface area is 119 Å². The van der Waals surface area contributed by atoms with E-state index in [-0.39, 0.29) is 0 Å². The first-order valence-corrected chi connectivity index (χ1v) is 7.41. The minimum atomic E-state index is 0.659. The molecule has 0 atom stereocenters. The van der Waals surface area contributed by atoms with Gasteiger partial charge in [0.15, 0.2) is 0 Å². The molecule has 0 bridgehead atoms. The number of benzene rings is 1. The molecule has 1 N–H and O–H groups in total. The third-order valence-electron chi connectivity index (χ3n) is 2.30. The van der Waals surface area contributed by atoms with Crippen LogP contribution in [0.1, 0.15) is 10.7 Å². The Balaban J connectivity index is 1.63. The van der Waals surface area contributed by atoms with E-state index in [9.17, 15) is 0 Å². The molecule has 3 nitrogen and oxygen atoms in total. The molecule has 0 aliphatic rings. The Morgan fingerprint density at radius 3 is 2.78 bits per heavy atom. The number of halogens is 1. The molecule has 0 spiro atoms. The molecule has 2 aromatic rings. The molecule has 0 saturated carbocycles. The summed E-state index contributed by atoms with van der Waals surface area (Å²) in [6.45, 7) is 4.29. The summed E-state index contributed by atoms with van der Waals surface area (Å²) in [4.78, 5) is 4.39. The van der Waals surface area contributed by atoms with Crippen LogP contribution in [-0.4, -0.2) is 18.1 Å². The van der Waals surface area contributed by atoms with Crippen LogP contribution in [-0.2, 0) is 6.54 Å². The summed E-state index contributed by atoms with van der Waals surface area (Å²) < 4.78 is 6.67. The van der Waals surface area contributed by atoms with Gasteiger partial charge in [0, 0.05) is 28.6 Å². The average Bonchev–Trinajstić information content (AvgIpc) is 2.77. The zero-order valence-corrected chi connectivity index (χ0v) is 12.6. The molecule has 0 unspecified atom stereocenters. The van der Waals surface area contributed by atoms with Crippen molar-refractivity contribution < 1.29 is 4.74 Å². The second-order valence-electron chi connectivity index (χ2n) is 3.86. The third kappa shape index (κ3) is 4.40. The van der Waals surface area contributed by atoms with Crippen molar-refractivity contribution in [2.75, 3.05) is 13.2 Å². The maximum Gasteiger partial charge on any atom is 0.119 e. The van der Waals surface area contributed by atoms with E-state index < -0.39 is 0 Å². The molecule has 0 saturated heterocycles. The smallest absolute Gasteiger partial charge is 0.119 e. The third-order valence-corrected chi connectivity index (χ3v) is 3.80. The van der Waals surface area contributed by atoms with Crippen molar-refractivity contribution in [3.8, 4) is 5.75 Å². The zero-order valence-electron chi connectivity index (χ0n) is 10.1. The quantitative estimate of drug-likeness (QED) is 0.826. The Hall–Kier alpha value is -0.910. The van der Waals surface area contributed by atoms with Gasteiger partial charge in [0.25, 0.3) is 0 Å². The number of nitrogens with one attached hydrogen (secondary N) is 1. The Morgan fingerprint density at radius 1 is 1.33 bits per heavy atom. The van der Waals surface area contributed by atoms with E-state index in [1.54, 1.807) is 11.3 Å². The van der Waals surface area contributed by atoms with Crippen LogP contribution in [0.3, 0.4) is 0 Å². The minimum absolute atomic E-state index is 0.659. The molecule has 5 heteroatoms. The van der Waals surface area contributed by atoms with Gasteiger partial charge in [-0.2, -0.15) is 0 Å². The summed E-state index contributed by atoms with van der Waals surface area (Å²) >= 11 is 5.08. The number of aryl methyl sites for hydroxylation is 1. The summed E-state index contributed by atoms with van der Waals surface area (Å²) in [6, 6.07) is 7.85. The van der Waals surface area contributed by atoms with Gasteiger partial charge in [-0.15, -0.1) is 11.3 Å². The van der Waals surface area contributed by atoms with Crippen molar-refractivity contribution in [1.29, 1.82) is 0 Å². The van der Waals surface area contributed by atoms with E-state index >= 15 is 0 Å². The van der Waals surface area contributed by atoms with E-state index in [2.05, 4.69) is 31.6 Å². The van der Waals surface area contributed by atoms with E-state index in [1.165, 1.54) is 0 Å². The lowest BCUT2D eigenvalue weighted by Gasteiger charge is -2.06. The van der Waals surface area contributed by atoms with Crippen molar-refractivity contribution >= 4 is 27.3 Å². The normalized spacial score (nSPS) is 10.6. The topological polar surface area (TPSA) is 34.1 Å². The first kappa shape index (κ1) is 13.5. The maximum absolute atomic E-state index is 5.60. The standard InChI is InChI=1S/C13H15BrN2OS/c1-10-9-18-13(16-10)8-15-6-7-17-12-4-2-11(14)3-5-12/h2-5,9,15H,6-8H2,1H3. The molecule has 0 aliphatic heterocycles. The van der Waals surface area contributed by atoms with Gasteiger partial charge < -0.3 is 10.1 Å². The van der Waals surface area contributed by atoms with Crippen molar-refractivity contribution in [1.82, 2.24) is 10.3 Å². The summed E-state index contributed by atoms with van der Waals surface area (Å²) in [5, 5.41) is 6.50. The molecule has 0 radical (unpaired) electrons. The second-order valence-corrected chi connectivity index (χ2v) is 5.72. The average molecular weight is 327 g/mol. The number of hydrogen-bond donors (Lipinski definition) is 1. The van der Waals surface area contributed by atoms with Gasteiger partial charge in [0.1, 0.15) is 17.4 Å². The lowest BCUT2D eigenvalue weighted by Crippen LogP contribution is -2.20. The van der Waals surface area contributed by atoms with Gasteiger partial charge in [0.05, 0.1) is 0 Å². The minimum Gasteiger partial charge on any atom is -0.492 e. The summed E-state index contributed by atoms with van der Waals surface area (Å²) in [5.41, 5.74) is 1.09. The summed E-state index contributed by atoms with van der Waals surface area (Å²) in [5.74, 6) is 0.894. The molecule has 2 rings (SSSR count). The second kappa shape index (κ2) is 6.87. The Bertz CT molecular complexity index is 484. The monoisotopic (exact) mass is 326 g/mol. The molecule has 1 aromatic heterocycles. The molecule has 0 amide bonds. The first-order valence-electron chi connectivity index (χ1n) is 5.74. The summed E-state index contributed by atoms with van der Waals surface area (Å²) in [7, 11) is 0. The maximum atomic E-state index is 5.60. The Morgan fingerprint density at radius 2 is 2.11 bits per heavy atom. The molecule has 1 aromatic carbocycles. The highest BCUT2D eigenvalue weighted by molar-refractivity contribution is 9.10. The van der Waals surface area contributed by atoms with Crippen LogP contribution in [0.4, 0.5) is 0 Å². The van der Waals surface area contributed by atoms with E-state index in [0.717, 1.165) is 34.0 Å². The number of thiazole rings is 1.